The van der Waals surface area contributed by atoms with E-state index in [1.54, 1.807) is 17.0 Å². The van der Waals surface area contributed by atoms with Gasteiger partial charge < -0.3 is 4.90 Å². The molecule has 0 fully saturated rings. The first-order valence-electron chi connectivity index (χ1n) is 6.51. The van der Waals surface area contributed by atoms with Crippen LogP contribution in [0.15, 0.2) is 46.9 Å². The third-order valence-electron chi connectivity index (χ3n) is 3.52. The van der Waals surface area contributed by atoms with E-state index in [1.807, 2.05) is 24.3 Å². The Hall–Kier alpha value is -1.68. The standard InChI is InChI=1S/C16H13BrFNO/c17-13-8-7-12(10-14(13)18)16(20)19-9-3-5-11-4-1-2-6-15(11)19/h1-2,4,6-8,10H,3,5,9H2. The number of halogens is 2. The number of carbonyl (C=O) groups excluding carboxylic acids is 1. The molecule has 2 aromatic rings. The SMILES string of the molecule is O=C(c1ccc(Br)c(F)c1)N1CCCc2ccccc21. The number of benzene rings is 2. The molecule has 1 aliphatic rings. The summed E-state index contributed by atoms with van der Waals surface area (Å²) in [7, 11) is 0. The molecule has 0 bridgehead atoms. The number of amides is 1. The zero-order chi connectivity index (χ0) is 14.1. The Balaban J connectivity index is 1.97. The van der Waals surface area contributed by atoms with E-state index in [2.05, 4.69) is 15.9 Å². The van der Waals surface area contributed by atoms with E-state index in [9.17, 15) is 9.18 Å². The van der Waals surface area contributed by atoms with Crippen molar-refractivity contribution >= 4 is 27.5 Å². The average molecular weight is 334 g/mol. The third-order valence-corrected chi connectivity index (χ3v) is 4.17. The Morgan fingerprint density at radius 2 is 2.00 bits per heavy atom. The van der Waals surface area contributed by atoms with Gasteiger partial charge in [-0.2, -0.15) is 0 Å². The molecule has 1 amide bonds. The van der Waals surface area contributed by atoms with E-state index in [0.717, 1.165) is 18.5 Å². The fraction of sp³-hybridized carbons (Fsp3) is 0.188. The molecule has 0 saturated heterocycles. The molecule has 0 saturated carbocycles. The number of anilines is 1. The Morgan fingerprint density at radius 3 is 2.80 bits per heavy atom. The number of hydrogen-bond donors (Lipinski definition) is 0. The molecule has 2 nitrogen and oxygen atoms in total. The molecule has 0 aromatic heterocycles. The van der Waals surface area contributed by atoms with Crippen LogP contribution in [0.2, 0.25) is 0 Å². The fourth-order valence-electron chi connectivity index (χ4n) is 2.53. The van der Waals surface area contributed by atoms with Crippen molar-refractivity contribution in [3.05, 3.63) is 63.9 Å². The van der Waals surface area contributed by atoms with Crippen LogP contribution in [0.1, 0.15) is 22.3 Å². The van der Waals surface area contributed by atoms with Gasteiger partial charge >= 0.3 is 0 Å². The molecule has 20 heavy (non-hydrogen) atoms. The number of rotatable bonds is 1. The molecule has 1 aliphatic heterocycles. The van der Waals surface area contributed by atoms with Crippen LogP contribution in [0.25, 0.3) is 0 Å². The van der Waals surface area contributed by atoms with E-state index in [-0.39, 0.29) is 5.91 Å². The van der Waals surface area contributed by atoms with E-state index < -0.39 is 5.82 Å². The van der Waals surface area contributed by atoms with Gasteiger partial charge in [0.05, 0.1) is 4.47 Å². The highest BCUT2D eigenvalue weighted by atomic mass is 79.9. The van der Waals surface area contributed by atoms with Crippen LogP contribution in [-0.4, -0.2) is 12.5 Å². The Kier molecular flexibility index (Phi) is 3.57. The van der Waals surface area contributed by atoms with E-state index in [4.69, 9.17) is 0 Å². The van der Waals surface area contributed by atoms with Crippen LogP contribution in [-0.2, 0) is 6.42 Å². The normalized spacial score (nSPS) is 14.0. The van der Waals surface area contributed by atoms with Crippen molar-refractivity contribution in [2.24, 2.45) is 0 Å². The van der Waals surface area contributed by atoms with Crippen molar-refractivity contribution < 1.29 is 9.18 Å². The van der Waals surface area contributed by atoms with Crippen LogP contribution in [0.5, 0.6) is 0 Å². The number of para-hydroxylation sites is 1. The number of hydrogen-bond acceptors (Lipinski definition) is 1. The molecular weight excluding hydrogens is 321 g/mol. The smallest absolute Gasteiger partial charge is 0.258 e. The van der Waals surface area contributed by atoms with Crippen LogP contribution in [0, 0.1) is 5.82 Å². The quantitative estimate of drug-likeness (QED) is 0.766. The molecule has 2 aromatic carbocycles. The molecule has 0 radical (unpaired) electrons. The molecule has 0 atom stereocenters. The van der Waals surface area contributed by atoms with E-state index in [0.29, 0.717) is 16.6 Å². The summed E-state index contributed by atoms with van der Waals surface area (Å²) < 4.78 is 14.0. The molecule has 0 spiro atoms. The summed E-state index contributed by atoms with van der Waals surface area (Å²) >= 11 is 3.10. The van der Waals surface area contributed by atoms with Gasteiger partial charge in [-0.05, 0) is 58.6 Å². The van der Waals surface area contributed by atoms with E-state index in [1.165, 1.54) is 11.6 Å². The van der Waals surface area contributed by atoms with Crippen molar-refractivity contribution in [1.82, 2.24) is 0 Å². The molecule has 4 heteroatoms. The van der Waals surface area contributed by atoms with Crippen LogP contribution in [0.3, 0.4) is 0 Å². The lowest BCUT2D eigenvalue weighted by Gasteiger charge is -2.29. The van der Waals surface area contributed by atoms with Gasteiger partial charge in [-0.1, -0.05) is 18.2 Å². The Labute approximate surface area is 125 Å². The first-order valence-corrected chi connectivity index (χ1v) is 7.31. The van der Waals surface area contributed by atoms with Gasteiger partial charge in [0.25, 0.3) is 5.91 Å². The Bertz CT molecular complexity index is 671. The van der Waals surface area contributed by atoms with Crippen LogP contribution < -0.4 is 4.90 Å². The molecule has 1 heterocycles. The van der Waals surface area contributed by atoms with Crippen molar-refractivity contribution in [3.63, 3.8) is 0 Å². The third kappa shape index (κ3) is 2.36. The van der Waals surface area contributed by atoms with Crippen molar-refractivity contribution in [2.75, 3.05) is 11.4 Å². The van der Waals surface area contributed by atoms with Crippen molar-refractivity contribution in [2.45, 2.75) is 12.8 Å². The topological polar surface area (TPSA) is 20.3 Å². The number of fused-ring (bicyclic) bond motifs is 1. The summed E-state index contributed by atoms with van der Waals surface area (Å²) in [5.41, 5.74) is 2.49. The lowest BCUT2D eigenvalue weighted by Crippen LogP contribution is -2.35. The summed E-state index contributed by atoms with van der Waals surface area (Å²) in [6.45, 7) is 0.674. The predicted octanol–water partition coefficient (Wildman–Crippen LogP) is 4.18. The minimum absolute atomic E-state index is 0.149. The Morgan fingerprint density at radius 1 is 1.20 bits per heavy atom. The molecule has 0 aliphatic carbocycles. The minimum atomic E-state index is -0.416. The molecule has 0 unspecified atom stereocenters. The monoisotopic (exact) mass is 333 g/mol. The van der Waals surface area contributed by atoms with Gasteiger partial charge in [0, 0.05) is 17.8 Å². The molecule has 0 N–H and O–H groups in total. The van der Waals surface area contributed by atoms with Gasteiger partial charge in [-0.15, -0.1) is 0 Å². The summed E-state index contributed by atoms with van der Waals surface area (Å²) in [4.78, 5) is 14.3. The number of carbonyl (C=O) groups is 1. The molecule has 3 rings (SSSR count). The maximum absolute atomic E-state index is 13.6. The summed E-state index contributed by atoms with van der Waals surface area (Å²) in [6.07, 6.45) is 1.91. The largest absolute Gasteiger partial charge is 0.308 e. The zero-order valence-corrected chi connectivity index (χ0v) is 12.4. The lowest BCUT2D eigenvalue weighted by atomic mass is 10.0. The number of nitrogens with zero attached hydrogens (tertiary/aromatic N) is 1. The lowest BCUT2D eigenvalue weighted by molar-refractivity contribution is 0.0984. The first kappa shape index (κ1) is 13.3. The summed E-state index contributed by atoms with van der Waals surface area (Å²) in [6, 6.07) is 12.4. The highest BCUT2D eigenvalue weighted by molar-refractivity contribution is 9.10. The maximum atomic E-state index is 13.6. The second kappa shape index (κ2) is 5.37. The highest BCUT2D eigenvalue weighted by Crippen LogP contribution is 2.28. The van der Waals surface area contributed by atoms with Crippen LogP contribution in [0.4, 0.5) is 10.1 Å². The summed E-state index contributed by atoms with van der Waals surface area (Å²) in [5.74, 6) is -0.565. The van der Waals surface area contributed by atoms with Gasteiger partial charge in [0.2, 0.25) is 0 Å². The van der Waals surface area contributed by atoms with Crippen LogP contribution >= 0.6 is 15.9 Å². The maximum Gasteiger partial charge on any atom is 0.258 e. The van der Waals surface area contributed by atoms with Crippen molar-refractivity contribution in [1.29, 1.82) is 0 Å². The van der Waals surface area contributed by atoms with E-state index >= 15 is 0 Å². The second-order valence-corrected chi connectivity index (χ2v) is 5.67. The predicted molar refractivity (Wildman–Crippen MR) is 80.5 cm³/mol. The fourth-order valence-corrected chi connectivity index (χ4v) is 2.78. The highest BCUT2D eigenvalue weighted by Gasteiger charge is 2.23. The number of aryl methyl sites for hydroxylation is 1. The minimum Gasteiger partial charge on any atom is -0.308 e. The van der Waals surface area contributed by atoms with Gasteiger partial charge in [-0.25, -0.2) is 4.39 Å². The first-order chi connectivity index (χ1) is 9.66. The second-order valence-electron chi connectivity index (χ2n) is 4.82. The van der Waals surface area contributed by atoms with Gasteiger partial charge in [0.1, 0.15) is 5.82 Å². The molecule has 102 valence electrons. The zero-order valence-electron chi connectivity index (χ0n) is 10.8. The van der Waals surface area contributed by atoms with Crippen molar-refractivity contribution in [3.8, 4) is 0 Å². The summed E-state index contributed by atoms with van der Waals surface area (Å²) in [5, 5.41) is 0. The van der Waals surface area contributed by atoms with Gasteiger partial charge in [-0.3, -0.25) is 4.79 Å². The van der Waals surface area contributed by atoms with Gasteiger partial charge in [0.15, 0.2) is 0 Å². The average Bonchev–Trinajstić information content (AvgIpc) is 2.49. The molecular formula is C16H13BrFNO.